The van der Waals surface area contributed by atoms with Gasteiger partial charge in [-0.3, -0.25) is 9.78 Å². The summed E-state index contributed by atoms with van der Waals surface area (Å²) in [6, 6.07) is 14.3. The van der Waals surface area contributed by atoms with Crippen molar-refractivity contribution in [2.75, 3.05) is 6.54 Å². The van der Waals surface area contributed by atoms with Crippen LogP contribution in [0.25, 0.3) is 0 Å². The molecule has 3 aromatic rings. The number of carbonyl (C=O) groups is 1. The SMILES string of the molecule is CCc1ccc(S(=O)(=O)N[C@@H]2c3cc(C(=O)N(CC)Cc4ccncc4)ccc3OC(C)(C)[C@H]2O)cc1. The van der Waals surface area contributed by atoms with E-state index in [1.165, 1.54) is 0 Å². The second-order valence-electron chi connectivity index (χ2n) is 9.67. The van der Waals surface area contributed by atoms with E-state index in [1.807, 2.05) is 26.0 Å². The third kappa shape index (κ3) is 5.69. The Morgan fingerprint density at radius 1 is 1.05 bits per heavy atom. The Bertz CT molecular complexity index is 1360. The van der Waals surface area contributed by atoms with E-state index < -0.39 is 27.8 Å². The van der Waals surface area contributed by atoms with Crippen molar-refractivity contribution in [3.8, 4) is 5.75 Å². The number of carbonyl (C=O) groups excluding carboxylic acids is 1. The highest BCUT2D eigenvalue weighted by Crippen LogP contribution is 2.41. The van der Waals surface area contributed by atoms with Crippen LogP contribution in [0, 0.1) is 0 Å². The number of sulfonamides is 1. The van der Waals surface area contributed by atoms with Crippen molar-refractivity contribution in [2.24, 2.45) is 0 Å². The molecule has 2 N–H and O–H groups in total. The summed E-state index contributed by atoms with van der Waals surface area (Å²) in [6.07, 6.45) is 2.95. The molecule has 0 saturated carbocycles. The number of nitrogens with zero attached hydrogens (tertiary/aromatic N) is 2. The largest absolute Gasteiger partial charge is 0.485 e. The van der Waals surface area contributed by atoms with Gasteiger partial charge < -0.3 is 14.7 Å². The van der Waals surface area contributed by atoms with E-state index in [0.29, 0.717) is 30.0 Å². The molecule has 0 fully saturated rings. The van der Waals surface area contributed by atoms with E-state index in [4.69, 9.17) is 4.74 Å². The van der Waals surface area contributed by atoms with Gasteiger partial charge in [0.1, 0.15) is 17.5 Å². The summed E-state index contributed by atoms with van der Waals surface area (Å²) in [5, 5.41) is 11.2. The molecule has 0 unspecified atom stereocenters. The smallest absolute Gasteiger partial charge is 0.254 e. The maximum atomic E-state index is 13.4. The quantitative estimate of drug-likeness (QED) is 0.464. The lowest BCUT2D eigenvalue weighted by Crippen LogP contribution is -2.53. The predicted molar refractivity (Wildman–Crippen MR) is 141 cm³/mol. The van der Waals surface area contributed by atoms with Crippen LogP contribution in [-0.4, -0.2) is 47.6 Å². The number of aliphatic hydroxyl groups excluding tert-OH is 1. The Kier molecular flexibility index (Phi) is 7.68. The summed E-state index contributed by atoms with van der Waals surface area (Å²) in [5.74, 6) is 0.205. The van der Waals surface area contributed by atoms with E-state index >= 15 is 0 Å². The molecular weight excluding hydrogens is 490 g/mol. The van der Waals surface area contributed by atoms with Gasteiger partial charge in [-0.2, -0.15) is 0 Å². The average Bonchev–Trinajstić information content (AvgIpc) is 2.89. The van der Waals surface area contributed by atoms with Gasteiger partial charge in [-0.25, -0.2) is 13.1 Å². The fourth-order valence-corrected chi connectivity index (χ4v) is 5.64. The molecule has 2 atom stereocenters. The zero-order chi connectivity index (χ0) is 26.8. The van der Waals surface area contributed by atoms with Crippen molar-refractivity contribution in [1.82, 2.24) is 14.6 Å². The van der Waals surface area contributed by atoms with Gasteiger partial charge in [-0.1, -0.05) is 19.1 Å². The van der Waals surface area contributed by atoms with Crippen molar-refractivity contribution in [2.45, 2.75) is 63.3 Å². The molecule has 0 aliphatic carbocycles. The first-order valence-corrected chi connectivity index (χ1v) is 13.8. The first-order chi connectivity index (χ1) is 17.6. The molecule has 1 aromatic heterocycles. The van der Waals surface area contributed by atoms with Gasteiger partial charge >= 0.3 is 0 Å². The number of pyridine rings is 1. The van der Waals surface area contributed by atoms with E-state index in [1.54, 1.807) is 73.6 Å². The van der Waals surface area contributed by atoms with E-state index in [-0.39, 0.29) is 10.8 Å². The number of ether oxygens (including phenoxy) is 1. The second kappa shape index (κ2) is 10.6. The summed E-state index contributed by atoms with van der Waals surface area (Å²) < 4.78 is 35.3. The zero-order valence-electron chi connectivity index (χ0n) is 21.5. The lowest BCUT2D eigenvalue weighted by atomic mass is 9.86. The van der Waals surface area contributed by atoms with Crippen LogP contribution in [0.3, 0.4) is 0 Å². The number of rotatable bonds is 8. The molecular formula is C28H33N3O5S. The fraction of sp³-hybridized carbons (Fsp3) is 0.357. The second-order valence-corrected chi connectivity index (χ2v) is 11.4. The molecule has 1 aliphatic rings. The summed E-state index contributed by atoms with van der Waals surface area (Å²) in [5.41, 5.74) is 1.69. The number of aromatic nitrogens is 1. The van der Waals surface area contributed by atoms with Crippen LogP contribution < -0.4 is 9.46 Å². The molecule has 1 amide bonds. The molecule has 1 aliphatic heterocycles. The van der Waals surface area contributed by atoms with Crippen LogP contribution in [0.2, 0.25) is 0 Å². The molecule has 4 rings (SSSR count). The number of aryl methyl sites for hydroxylation is 1. The van der Waals surface area contributed by atoms with Crippen molar-refractivity contribution in [3.05, 3.63) is 89.2 Å². The molecule has 0 radical (unpaired) electrons. The Balaban J connectivity index is 1.68. The monoisotopic (exact) mass is 523 g/mol. The molecule has 37 heavy (non-hydrogen) atoms. The average molecular weight is 524 g/mol. The van der Waals surface area contributed by atoms with Gasteiger partial charge in [0.15, 0.2) is 0 Å². The predicted octanol–water partition coefficient (Wildman–Crippen LogP) is 3.86. The molecule has 8 nitrogen and oxygen atoms in total. The zero-order valence-corrected chi connectivity index (χ0v) is 22.3. The summed E-state index contributed by atoms with van der Waals surface area (Å²) in [6.45, 7) is 8.18. The number of hydrogen-bond donors (Lipinski definition) is 2. The van der Waals surface area contributed by atoms with Crippen LogP contribution in [0.5, 0.6) is 5.75 Å². The number of aliphatic hydroxyl groups is 1. The topological polar surface area (TPSA) is 109 Å². The molecule has 2 aromatic carbocycles. The summed E-state index contributed by atoms with van der Waals surface area (Å²) in [7, 11) is -3.97. The maximum Gasteiger partial charge on any atom is 0.254 e. The number of hydrogen-bond acceptors (Lipinski definition) is 6. The molecule has 0 bridgehead atoms. The minimum absolute atomic E-state index is 0.101. The molecule has 2 heterocycles. The van der Waals surface area contributed by atoms with Gasteiger partial charge in [0.05, 0.1) is 10.9 Å². The minimum Gasteiger partial charge on any atom is -0.485 e. The van der Waals surface area contributed by atoms with Crippen molar-refractivity contribution < 1.29 is 23.1 Å². The van der Waals surface area contributed by atoms with Gasteiger partial charge in [0, 0.05) is 36.6 Å². The molecule has 196 valence electrons. The normalized spacial score (nSPS) is 18.5. The Morgan fingerprint density at radius 3 is 2.35 bits per heavy atom. The van der Waals surface area contributed by atoms with Crippen LogP contribution in [0.15, 0.2) is 71.9 Å². The summed E-state index contributed by atoms with van der Waals surface area (Å²) in [4.78, 5) is 19.2. The minimum atomic E-state index is -3.97. The third-order valence-electron chi connectivity index (χ3n) is 6.71. The highest BCUT2D eigenvalue weighted by molar-refractivity contribution is 7.89. The highest BCUT2D eigenvalue weighted by atomic mass is 32.2. The number of benzene rings is 2. The van der Waals surface area contributed by atoms with Crippen molar-refractivity contribution in [3.63, 3.8) is 0 Å². The van der Waals surface area contributed by atoms with Crippen LogP contribution in [-0.2, 0) is 23.0 Å². The molecule has 0 saturated heterocycles. The molecule has 9 heteroatoms. The Morgan fingerprint density at radius 2 is 1.73 bits per heavy atom. The fourth-order valence-electron chi connectivity index (χ4n) is 4.42. The number of fused-ring (bicyclic) bond motifs is 1. The van der Waals surface area contributed by atoms with Crippen LogP contribution in [0.4, 0.5) is 0 Å². The molecule has 0 spiro atoms. The first kappa shape index (κ1) is 26.8. The van der Waals surface area contributed by atoms with Crippen LogP contribution >= 0.6 is 0 Å². The number of nitrogens with one attached hydrogen (secondary N) is 1. The van der Waals surface area contributed by atoms with Gasteiger partial charge in [0.2, 0.25) is 10.0 Å². The van der Waals surface area contributed by atoms with Crippen molar-refractivity contribution >= 4 is 15.9 Å². The van der Waals surface area contributed by atoms with E-state index in [0.717, 1.165) is 17.5 Å². The lowest BCUT2D eigenvalue weighted by molar-refractivity contribution is -0.0603. The van der Waals surface area contributed by atoms with Crippen LogP contribution in [0.1, 0.15) is 60.8 Å². The summed E-state index contributed by atoms with van der Waals surface area (Å²) >= 11 is 0. The highest BCUT2D eigenvalue weighted by Gasteiger charge is 2.45. The van der Waals surface area contributed by atoms with E-state index in [2.05, 4.69) is 9.71 Å². The van der Waals surface area contributed by atoms with Gasteiger partial charge in [-0.05, 0) is 80.8 Å². The van der Waals surface area contributed by atoms with E-state index in [9.17, 15) is 18.3 Å². The Labute approximate surface area is 218 Å². The first-order valence-electron chi connectivity index (χ1n) is 12.4. The Hall–Kier alpha value is -3.27. The lowest BCUT2D eigenvalue weighted by Gasteiger charge is -2.42. The van der Waals surface area contributed by atoms with Gasteiger partial charge in [0.25, 0.3) is 5.91 Å². The standard InChI is InChI=1S/C28H33N3O5S/c1-5-19-7-10-22(11-8-19)37(34,35)30-25-23-17-21(9-12-24(23)36-28(3,4)26(25)32)27(33)31(6-2)18-20-13-15-29-16-14-20/h7-17,25-26,30,32H,5-6,18H2,1-4H3/t25-,26+/m1/s1. The maximum absolute atomic E-state index is 13.4. The third-order valence-corrected chi connectivity index (χ3v) is 8.17. The van der Waals surface area contributed by atoms with Crippen molar-refractivity contribution in [1.29, 1.82) is 0 Å². The van der Waals surface area contributed by atoms with Gasteiger partial charge in [-0.15, -0.1) is 0 Å². The number of amides is 1.